The fourth-order valence-corrected chi connectivity index (χ4v) is 7.98. The first-order valence-corrected chi connectivity index (χ1v) is 16.5. The van der Waals surface area contributed by atoms with Crippen molar-refractivity contribution in [2.45, 2.75) is 4.90 Å². The fraction of sp³-hybridized carbons (Fsp3) is 0.0256. The van der Waals surface area contributed by atoms with Crippen LogP contribution in [-0.4, -0.2) is 18.1 Å². The van der Waals surface area contributed by atoms with Gasteiger partial charge < -0.3 is 14.8 Å². The lowest BCUT2D eigenvalue weighted by Gasteiger charge is -2.23. The topological polar surface area (TPSA) is 108 Å². The molecular formula is C39H22N4O3S2. The molecule has 3 heterocycles. The van der Waals surface area contributed by atoms with E-state index in [1.54, 1.807) is 12.1 Å². The Hall–Kier alpha value is -6.13. The van der Waals surface area contributed by atoms with E-state index >= 15 is 0 Å². The number of ether oxygens (including phenoxy) is 2. The number of thiazole rings is 1. The van der Waals surface area contributed by atoms with E-state index < -0.39 is 5.97 Å². The number of allylic oxidation sites excluding steroid dienone is 1. The summed E-state index contributed by atoms with van der Waals surface area (Å²) in [4.78, 5) is 18.7. The number of para-hydroxylation sites is 2. The number of esters is 1. The molecule has 0 fully saturated rings. The van der Waals surface area contributed by atoms with E-state index in [-0.39, 0.29) is 0 Å². The normalized spacial score (nSPS) is 14.4. The maximum absolute atomic E-state index is 13.0. The van der Waals surface area contributed by atoms with Gasteiger partial charge >= 0.3 is 5.97 Å². The van der Waals surface area contributed by atoms with Gasteiger partial charge in [0.05, 0.1) is 44.8 Å². The van der Waals surface area contributed by atoms with E-state index in [1.165, 1.54) is 30.2 Å². The first kappa shape index (κ1) is 29.3. The number of nitriles is 2. The Bertz CT molecular complexity index is 2530. The van der Waals surface area contributed by atoms with Gasteiger partial charge in [0.1, 0.15) is 28.6 Å². The zero-order valence-electron chi connectivity index (χ0n) is 25.3. The minimum absolute atomic E-state index is 0.407. The number of rotatable bonds is 4. The number of nitrogens with one attached hydrogen (secondary N) is 1. The molecule has 0 spiro atoms. The molecule has 0 atom stereocenters. The standard InChI is InChI=1S/C39H22N4O3S2/c1-45-39(44)25-9-3-2-8-24(25)36-26-16-14-22(28(20-40)37-42-30-10-4-6-12-34(30)47-37)18-32(26)46-33-19-23(15-17-27(33)36)29(21-41)38-43-31-11-5-7-13-35(31)48-38/h2-19,42H,1H3/b29-23+,37-28-. The molecule has 0 aliphatic carbocycles. The van der Waals surface area contributed by atoms with Gasteiger partial charge in [-0.05, 0) is 70.9 Å². The number of hydrogen-bond donors (Lipinski definition) is 1. The van der Waals surface area contributed by atoms with Gasteiger partial charge in [-0.1, -0.05) is 66.4 Å². The average molecular weight is 659 g/mol. The second kappa shape index (κ2) is 11.9. The van der Waals surface area contributed by atoms with Gasteiger partial charge in [-0.3, -0.25) is 0 Å². The van der Waals surface area contributed by atoms with Gasteiger partial charge in [0.2, 0.25) is 0 Å². The summed E-state index contributed by atoms with van der Waals surface area (Å²) in [6, 6.07) is 39.0. The number of methoxy groups -OCH3 is 1. The molecule has 9 heteroatoms. The van der Waals surface area contributed by atoms with E-state index in [0.717, 1.165) is 42.2 Å². The molecule has 7 nitrogen and oxygen atoms in total. The van der Waals surface area contributed by atoms with Gasteiger partial charge in [-0.15, -0.1) is 11.3 Å². The molecule has 2 aliphatic heterocycles. The van der Waals surface area contributed by atoms with E-state index in [0.29, 0.717) is 49.6 Å². The highest BCUT2D eigenvalue weighted by atomic mass is 32.2. The van der Waals surface area contributed by atoms with E-state index in [1.807, 2.05) is 97.1 Å². The van der Waals surface area contributed by atoms with E-state index in [4.69, 9.17) is 14.5 Å². The molecule has 0 saturated carbocycles. The Balaban J connectivity index is 1.34. The highest BCUT2D eigenvalue weighted by Crippen LogP contribution is 2.45. The van der Waals surface area contributed by atoms with Crippen molar-refractivity contribution in [3.05, 3.63) is 152 Å². The first-order chi connectivity index (χ1) is 23.6. The number of fused-ring (bicyclic) bond motifs is 4. The van der Waals surface area contributed by atoms with Crippen molar-refractivity contribution in [3.63, 3.8) is 0 Å². The number of hydrogen-bond acceptors (Lipinski definition) is 9. The maximum atomic E-state index is 13.0. The molecule has 0 saturated heterocycles. The summed E-state index contributed by atoms with van der Waals surface area (Å²) in [6.07, 6.45) is 0. The predicted molar refractivity (Wildman–Crippen MR) is 188 cm³/mol. The molecule has 228 valence electrons. The molecule has 2 aliphatic rings. The molecule has 5 aromatic carbocycles. The maximum Gasteiger partial charge on any atom is 0.338 e. The SMILES string of the molecule is COC(=O)c1ccccc1C1=c2cc/c(=C(/C#N)c3nc4ccccc4s3)cc2Oc2cc(/C(C#N)=C3/Nc4ccccc4S3)ccc21. The third-order valence-corrected chi connectivity index (χ3v) is 10.3. The van der Waals surface area contributed by atoms with E-state index in [9.17, 15) is 15.3 Å². The van der Waals surface area contributed by atoms with Crippen LogP contribution >= 0.6 is 23.1 Å². The van der Waals surface area contributed by atoms with Crippen molar-refractivity contribution in [2.24, 2.45) is 0 Å². The number of carbonyl (C=O) groups excluding carboxylic acids is 1. The number of aromatic nitrogens is 1. The predicted octanol–water partition coefficient (Wildman–Crippen LogP) is 7.57. The molecule has 1 N–H and O–H groups in total. The smallest absolute Gasteiger partial charge is 0.338 e. The molecule has 1 aromatic heterocycles. The summed E-state index contributed by atoms with van der Waals surface area (Å²) in [5.74, 6) is 0.559. The number of benzene rings is 5. The summed E-state index contributed by atoms with van der Waals surface area (Å²) < 4.78 is 12.8. The van der Waals surface area contributed by atoms with Crippen LogP contribution in [0.4, 0.5) is 5.69 Å². The van der Waals surface area contributed by atoms with Gasteiger partial charge in [0.15, 0.2) is 0 Å². The van der Waals surface area contributed by atoms with Gasteiger partial charge in [0, 0.05) is 21.3 Å². The third kappa shape index (κ3) is 4.90. The van der Waals surface area contributed by atoms with E-state index in [2.05, 4.69) is 17.5 Å². The van der Waals surface area contributed by atoms with Gasteiger partial charge in [-0.25, -0.2) is 9.78 Å². The molecule has 0 radical (unpaired) electrons. The Kier molecular flexibility index (Phi) is 7.26. The Morgan fingerprint density at radius 3 is 2.44 bits per heavy atom. The van der Waals surface area contributed by atoms with Crippen LogP contribution in [0.1, 0.15) is 32.1 Å². The van der Waals surface area contributed by atoms with Crippen LogP contribution in [0.2, 0.25) is 0 Å². The lowest BCUT2D eigenvalue weighted by molar-refractivity contribution is 0.0600. The van der Waals surface area contributed by atoms with Crippen LogP contribution in [0, 0.1) is 22.7 Å². The summed E-state index contributed by atoms with van der Waals surface area (Å²) in [7, 11) is 1.36. The first-order valence-electron chi connectivity index (χ1n) is 14.9. The molecule has 0 bridgehead atoms. The fourth-order valence-electron chi connectivity index (χ4n) is 5.97. The van der Waals surface area contributed by atoms with Crippen molar-refractivity contribution in [1.29, 1.82) is 10.5 Å². The number of thioether (sulfide) groups is 1. The Morgan fingerprint density at radius 1 is 0.833 bits per heavy atom. The zero-order chi connectivity index (χ0) is 32.8. The zero-order valence-corrected chi connectivity index (χ0v) is 26.9. The highest BCUT2D eigenvalue weighted by Gasteiger charge is 2.26. The molecule has 8 rings (SSSR count). The van der Waals surface area contributed by atoms with Crippen molar-refractivity contribution in [3.8, 4) is 23.6 Å². The summed E-state index contributed by atoms with van der Waals surface area (Å²) >= 11 is 2.97. The van der Waals surface area contributed by atoms with Crippen LogP contribution < -0.4 is 20.5 Å². The van der Waals surface area contributed by atoms with Crippen LogP contribution in [0.15, 0.2) is 119 Å². The number of carbonyl (C=O) groups is 1. The largest absolute Gasteiger partial charge is 0.465 e. The summed E-state index contributed by atoms with van der Waals surface area (Å²) in [6.45, 7) is 0. The molecule has 0 amide bonds. The van der Waals surface area contributed by atoms with Gasteiger partial charge in [-0.2, -0.15) is 10.5 Å². The summed E-state index contributed by atoms with van der Waals surface area (Å²) in [5.41, 5.74) is 5.98. The second-order valence-electron chi connectivity index (χ2n) is 10.9. The Morgan fingerprint density at radius 2 is 1.62 bits per heavy atom. The van der Waals surface area contributed by atoms with Crippen LogP contribution in [0.5, 0.6) is 11.5 Å². The molecule has 6 aromatic rings. The summed E-state index contributed by atoms with van der Waals surface area (Å²) in [5, 5.41) is 26.8. The van der Waals surface area contributed by atoms with Crippen LogP contribution in [0.25, 0.3) is 26.9 Å². The number of nitrogens with zero attached hydrogens (tertiary/aromatic N) is 3. The van der Waals surface area contributed by atoms with Crippen molar-refractivity contribution in [1.82, 2.24) is 4.98 Å². The molecular weight excluding hydrogens is 637 g/mol. The lowest BCUT2D eigenvalue weighted by atomic mass is 9.88. The highest BCUT2D eigenvalue weighted by molar-refractivity contribution is 8.04. The van der Waals surface area contributed by atoms with Crippen molar-refractivity contribution < 1.29 is 14.3 Å². The van der Waals surface area contributed by atoms with Crippen molar-refractivity contribution in [2.75, 3.05) is 12.4 Å². The van der Waals surface area contributed by atoms with Crippen molar-refractivity contribution >= 4 is 61.7 Å². The molecule has 48 heavy (non-hydrogen) atoms. The minimum Gasteiger partial charge on any atom is -0.465 e. The van der Waals surface area contributed by atoms with Gasteiger partial charge in [0.25, 0.3) is 0 Å². The average Bonchev–Trinajstić information content (AvgIpc) is 3.75. The third-order valence-electron chi connectivity index (χ3n) is 8.21. The van der Waals surface area contributed by atoms with Crippen LogP contribution in [0.3, 0.4) is 0 Å². The van der Waals surface area contributed by atoms with Crippen LogP contribution in [-0.2, 0) is 4.74 Å². The lowest BCUT2D eigenvalue weighted by Crippen LogP contribution is -2.22. The quantitative estimate of drug-likeness (QED) is 0.152. The second-order valence-corrected chi connectivity index (χ2v) is 13.0. The minimum atomic E-state index is -0.461. The molecule has 0 unspecified atom stereocenters. The Labute approximate surface area is 283 Å². The number of anilines is 1. The monoisotopic (exact) mass is 658 g/mol.